The highest BCUT2D eigenvalue weighted by atomic mass is 35.5. The number of nitrogen functional groups attached to an aromatic ring is 1. The van der Waals surface area contributed by atoms with E-state index >= 15 is 0 Å². The van der Waals surface area contributed by atoms with Crippen LogP contribution in [0.3, 0.4) is 0 Å². The van der Waals surface area contributed by atoms with Gasteiger partial charge in [-0.05, 0) is 22.6 Å². The van der Waals surface area contributed by atoms with Gasteiger partial charge in [0, 0.05) is 0 Å². The van der Waals surface area contributed by atoms with E-state index in [-0.39, 0.29) is 5.95 Å². The van der Waals surface area contributed by atoms with Crippen LogP contribution in [0.15, 0.2) is 18.2 Å². The summed E-state index contributed by atoms with van der Waals surface area (Å²) in [7, 11) is 0. The van der Waals surface area contributed by atoms with Crippen molar-refractivity contribution in [3.8, 4) is 5.69 Å². The fourth-order valence-electron chi connectivity index (χ4n) is 1.02. The first-order chi connectivity index (χ1) is 6.70. The highest BCUT2D eigenvalue weighted by Crippen LogP contribution is 2.28. The van der Waals surface area contributed by atoms with Gasteiger partial charge in [0.15, 0.2) is 0 Å². The monoisotopic (exact) mass is 229 g/mol. The van der Waals surface area contributed by atoms with E-state index in [0.717, 1.165) is 0 Å². The molecule has 14 heavy (non-hydrogen) atoms. The molecule has 0 saturated heterocycles. The van der Waals surface area contributed by atoms with Crippen molar-refractivity contribution < 1.29 is 0 Å². The Morgan fingerprint density at radius 2 is 2.07 bits per heavy atom. The molecular formula is C7H5Cl2N5. The molecule has 0 aliphatic heterocycles. The van der Waals surface area contributed by atoms with Gasteiger partial charge in [0.05, 0.1) is 15.7 Å². The Morgan fingerprint density at radius 1 is 1.29 bits per heavy atom. The first-order valence-electron chi connectivity index (χ1n) is 3.68. The Bertz CT molecular complexity index is 467. The summed E-state index contributed by atoms with van der Waals surface area (Å²) in [5.41, 5.74) is 6.07. The van der Waals surface area contributed by atoms with E-state index < -0.39 is 0 Å². The zero-order valence-corrected chi connectivity index (χ0v) is 8.37. The molecule has 0 spiro atoms. The summed E-state index contributed by atoms with van der Waals surface area (Å²) in [6.45, 7) is 0. The molecule has 2 N–H and O–H groups in total. The third kappa shape index (κ3) is 1.40. The Kier molecular flexibility index (Phi) is 2.26. The minimum Gasteiger partial charge on any atom is -0.366 e. The topological polar surface area (TPSA) is 69.6 Å². The molecule has 0 atom stereocenters. The fraction of sp³-hybridized carbons (Fsp3) is 0. The maximum absolute atomic E-state index is 5.95. The van der Waals surface area contributed by atoms with Crippen LogP contribution in [0.5, 0.6) is 0 Å². The van der Waals surface area contributed by atoms with Crippen molar-refractivity contribution in [2.24, 2.45) is 0 Å². The van der Waals surface area contributed by atoms with E-state index in [9.17, 15) is 0 Å². The summed E-state index contributed by atoms with van der Waals surface area (Å²) in [5, 5.41) is 11.4. The van der Waals surface area contributed by atoms with Crippen LogP contribution in [0.25, 0.3) is 5.69 Å². The predicted molar refractivity (Wildman–Crippen MR) is 53.6 cm³/mol. The first-order valence-corrected chi connectivity index (χ1v) is 4.44. The number of anilines is 1. The van der Waals surface area contributed by atoms with Crippen LogP contribution in [0, 0.1) is 0 Å². The summed E-state index contributed by atoms with van der Waals surface area (Å²) >= 11 is 11.8. The number of halogens is 2. The summed E-state index contributed by atoms with van der Waals surface area (Å²) in [6, 6.07) is 5.14. The highest BCUT2D eigenvalue weighted by Gasteiger charge is 2.10. The molecule has 1 heterocycles. The van der Waals surface area contributed by atoms with Crippen LogP contribution in [0.2, 0.25) is 10.0 Å². The molecule has 1 aromatic heterocycles. The van der Waals surface area contributed by atoms with E-state index in [2.05, 4.69) is 15.5 Å². The maximum atomic E-state index is 5.95. The molecule has 2 aromatic rings. The van der Waals surface area contributed by atoms with E-state index in [4.69, 9.17) is 28.9 Å². The zero-order valence-electron chi connectivity index (χ0n) is 6.85. The maximum Gasteiger partial charge on any atom is 0.245 e. The molecule has 1 aromatic carbocycles. The van der Waals surface area contributed by atoms with Crippen molar-refractivity contribution in [1.29, 1.82) is 0 Å². The molecule has 0 fully saturated rings. The van der Waals surface area contributed by atoms with Gasteiger partial charge in [-0.3, -0.25) is 0 Å². The summed E-state index contributed by atoms with van der Waals surface area (Å²) in [5.74, 6) is 0.161. The molecule has 0 saturated carbocycles. The Balaban J connectivity index is 2.63. The van der Waals surface area contributed by atoms with Gasteiger partial charge in [0.2, 0.25) is 5.95 Å². The quantitative estimate of drug-likeness (QED) is 0.806. The van der Waals surface area contributed by atoms with Crippen LogP contribution in [-0.4, -0.2) is 20.2 Å². The van der Waals surface area contributed by atoms with Crippen molar-refractivity contribution in [1.82, 2.24) is 20.2 Å². The van der Waals surface area contributed by atoms with Gasteiger partial charge in [-0.25, -0.2) is 0 Å². The Labute approximate surface area is 89.4 Å². The summed E-state index contributed by atoms with van der Waals surface area (Å²) in [4.78, 5) is 0. The fourth-order valence-corrected chi connectivity index (χ4v) is 1.40. The normalized spacial score (nSPS) is 10.4. The second-order valence-corrected chi connectivity index (χ2v) is 3.31. The van der Waals surface area contributed by atoms with Crippen LogP contribution in [0.4, 0.5) is 5.95 Å². The number of benzene rings is 1. The van der Waals surface area contributed by atoms with Gasteiger partial charge < -0.3 is 5.73 Å². The highest BCUT2D eigenvalue weighted by molar-refractivity contribution is 6.43. The lowest BCUT2D eigenvalue weighted by molar-refractivity contribution is 0.792. The van der Waals surface area contributed by atoms with E-state index in [1.807, 2.05) is 0 Å². The van der Waals surface area contributed by atoms with Gasteiger partial charge in [-0.15, -0.1) is 0 Å². The summed E-state index contributed by atoms with van der Waals surface area (Å²) < 4.78 is 1.31. The SMILES string of the molecule is Nc1nnnn1-c1cccc(Cl)c1Cl. The summed E-state index contributed by atoms with van der Waals surface area (Å²) in [6.07, 6.45) is 0. The minimum absolute atomic E-state index is 0.161. The van der Waals surface area contributed by atoms with Gasteiger partial charge in [-0.2, -0.15) is 4.68 Å². The average Bonchev–Trinajstić information content (AvgIpc) is 2.57. The largest absolute Gasteiger partial charge is 0.366 e. The number of aromatic nitrogens is 4. The Hall–Kier alpha value is -1.33. The molecule has 0 bridgehead atoms. The molecule has 0 amide bonds. The lowest BCUT2D eigenvalue weighted by Crippen LogP contribution is -2.03. The van der Waals surface area contributed by atoms with Gasteiger partial charge in [-0.1, -0.05) is 34.4 Å². The molecule has 0 radical (unpaired) electrons. The molecule has 5 nitrogen and oxygen atoms in total. The number of nitrogens with zero attached hydrogens (tertiary/aromatic N) is 4. The van der Waals surface area contributed by atoms with E-state index in [0.29, 0.717) is 15.7 Å². The van der Waals surface area contributed by atoms with Gasteiger partial charge in [0.25, 0.3) is 0 Å². The number of hydrogen-bond donors (Lipinski definition) is 1. The lowest BCUT2D eigenvalue weighted by Gasteiger charge is -2.04. The molecule has 0 unspecified atom stereocenters. The van der Waals surface area contributed by atoms with Crippen LogP contribution < -0.4 is 5.73 Å². The average molecular weight is 230 g/mol. The van der Waals surface area contributed by atoms with E-state index in [1.165, 1.54) is 4.68 Å². The molecule has 72 valence electrons. The van der Waals surface area contributed by atoms with Gasteiger partial charge >= 0.3 is 0 Å². The number of hydrogen-bond acceptors (Lipinski definition) is 4. The second-order valence-electron chi connectivity index (χ2n) is 2.52. The number of nitrogens with two attached hydrogens (primary N) is 1. The van der Waals surface area contributed by atoms with Gasteiger partial charge in [0.1, 0.15) is 0 Å². The molecular weight excluding hydrogens is 225 g/mol. The lowest BCUT2D eigenvalue weighted by atomic mass is 10.3. The second kappa shape index (κ2) is 3.43. The van der Waals surface area contributed by atoms with Crippen molar-refractivity contribution in [2.75, 3.05) is 5.73 Å². The predicted octanol–water partition coefficient (Wildman–Crippen LogP) is 1.55. The third-order valence-corrected chi connectivity index (χ3v) is 2.46. The smallest absolute Gasteiger partial charge is 0.245 e. The van der Waals surface area contributed by atoms with Crippen molar-refractivity contribution in [3.63, 3.8) is 0 Å². The zero-order chi connectivity index (χ0) is 10.1. The van der Waals surface area contributed by atoms with Crippen molar-refractivity contribution in [3.05, 3.63) is 28.2 Å². The van der Waals surface area contributed by atoms with Crippen LogP contribution in [0.1, 0.15) is 0 Å². The molecule has 0 aliphatic carbocycles. The number of rotatable bonds is 1. The van der Waals surface area contributed by atoms with Crippen molar-refractivity contribution >= 4 is 29.2 Å². The standard InChI is InChI=1S/C7H5Cl2N5/c8-4-2-1-3-5(6(4)9)14-7(10)11-12-13-14/h1-3H,(H2,10,11,13). The van der Waals surface area contributed by atoms with Crippen LogP contribution in [-0.2, 0) is 0 Å². The van der Waals surface area contributed by atoms with Crippen LogP contribution >= 0.6 is 23.2 Å². The first kappa shape index (κ1) is 9.23. The molecule has 0 aliphatic rings. The molecule has 2 rings (SSSR count). The third-order valence-electron chi connectivity index (χ3n) is 1.65. The molecule has 7 heteroatoms. The Morgan fingerprint density at radius 3 is 2.71 bits per heavy atom. The van der Waals surface area contributed by atoms with Crippen molar-refractivity contribution in [2.45, 2.75) is 0 Å². The minimum atomic E-state index is 0.161. The van der Waals surface area contributed by atoms with E-state index in [1.54, 1.807) is 18.2 Å². The number of tetrazole rings is 1.